The molecule has 2 aliphatic rings. The number of β-amino-alcohol motifs (C(OH)–C–C–N with tert-alkyl or cyclic N) is 1. The van der Waals surface area contributed by atoms with Gasteiger partial charge in [-0.25, -0.2) is 0 Å². The SMILES string of the molecule is CC(C)n1nnc(N2CC3CC(CN(CC(O)COc4ccc(C#N)cc4)C3)C2)n1. The molecule has 160 valence electrons. The van der Waals surface area contributed by atoms with Gasteiger partial charge in [-0.15, -0.1) is 5.10 Å². The largest absolute Gasteiger partial charge is 0.491 e. The number of benzene rings is 1. The summed E-state index contributed by atoms with van der Waals surface area (Å²) < 4.78 is 5.68. The molecule has 30 heavy (non-hydrogen) atoms. The maximum atomic E-state index is 10.5. The lowest BCUT2D eigenvalue weighted by Gasteiger charge is -2.45. The molecule has 0 amide bonds. The first-order valence-corrected chi connectivity index (χ1v) is 10.6. The minimum Gasteiger partial charge on any atom is -0.491 e. The van der Waals surface area contributed by atoms with Crippen molar-refractivity contribution >= 4 is 5.95 Å². The predicted octanol–water partition coefficient (Wildman–Crippen LogP) is 1.32. The van der Waals surface area contributed by atoms with E-state index in [0.717, 1.165) is 32.1 Å². The summed E-state index contributed by atoms with van der Waals surface area (Å²) >= 11 is 0. The van der Waals surface area contributed by atoms with Crippen LogP contribution in [0.3, 0.4) is 0 Å². The van der Waals surface area contributed by atoms with Crippen molar-refractivity contribution in [3.63, 3.8) is 0 Å². The van der Waals surface area contributed by atoms with E-state index in [1.807, 2.05) is 13.8 Å². The van der Waals surface area contributed by atoms with Crippen molar-refractivity contribution in [2.24, 2.45) is 11.8 Å². The molecule has 1 aromatic carbocycles. The van der Waals surface area contributed by atoms with Gasteiger partial charge in [-0.2, -0.15) is 10.1 Å². The zero-order chi connectivity index (χ0) is 21.1. The summed E-state index contributed by atoms with van der Waals surface area (Å²) in [5.41, 5.74) is 0.596. The summed E-state index contributed by atoms with van der Waals surface area (Å²) in [5.74, 6) is 2.47. The number of aliphatic hydroxyl groups excluding tert-OH is 1. The summed E-state index contributed by atoms with van der Waals surface area (Å²) in [6, 6.07) is 9.24. The number of piperidine rings is 2. The molecule has 2 aliphatic heterocycles. The van der Waals surface area contributed by atoms with Gasteiger partial charge in [-0.05, 0) is 61.6 Å². The third-order valence-electron chi connectivity index (χ3n) is 5.71. The molecule has 0 radical (unpaired) electrons. The highest BCUT2D eigenvalue weighted by Crippen LogP contribution is 2.30. The van der Waals surface area contributed by atoms with Crippen LogP contribution in [-0.4, -0.2) is 75.6 Å². The molecular formula is C21H29N7O2. The van der Waals surface area contributed by atoms with E-state index in [1.165, 1.54) is 6.42 Å². The van der Waals surface area contributed by atoms with Crippen molar-refractivity contribution in [1.29, 1.82) is 5.26 Å². The van der Waals surface area contributed by atoms with Gasteiger partial charge in [0.15, 0.2) is 0 Å². The second-order valence-electron chi connectivity index (χ2n) is 8.70. The fourth-order valence-corrected chi connectivity index (χ4v) is 4.43. The van der Waals surface area contributed by atoms with E-state index in [9.17, 15) is 5.11 Å². The van der Waals surface area contributed by atoms with E-state index >= 15 is 0 Å². The molecule has 4 rings (SSSR count). The van der Waals surface area contributed by atoms with Gasteiger partial charge in [0.05, 0.1) is 17.7 Å². The monoisotopic (exact) mass is 411 g/mol. The number of ether oxygens (including phenoxy) is 1. The zero-order valence-corrected chi connectivity index (χ0v) is 17.6. The Hall–Kier alpha value is -2.70. The van der Waals surface area contributed by atoms with Crippen LogP contribution in [0.5, 0.6) is 5.75 Å². The summed E-state index contributed by atoms with van der Waals surface area (Å²) in [6.07, 6.45) is 0.659. The van der Waals surface area contributed by atoms with Gasteiger partial charge in [0.2, 0.25) is 0 Å². The predicted molar refractivity (Wildman–Crippen MR) is 111 cm³/mol. The van der Waals surface area contributed by atoms with Gasteiger partial charge in [0, 0.05) is 32.7 Å². The molecule has 2 saturated heterocycles. The second-order valence-corrected chi connectivity index (χ2v) is 8.70. The minimum atomic E-state index is -0.553. The molecule has 2 bridgehead atoms. The Bertz CT molecular complexity index is 862. The Labute approximate surface area is 176 Å². The van der Waals surface area contributed by atoms with Crippen LogP contribution >= 0.6 is 0 Å². The standard InChI is InChI=1S/C21H29N7O2/c1-15(2)28-24-21(23-25-28)27-11-17-7-18(12-27)10-26(9-17)13-19(29)14-30-20-5-3-16(8-22)4-6-20/h3-6,15,17-19,29H,7,9-14H2,1-2H3. The smallest absolute Gasteiger partial charge is 0.266 e. The van der Waals surface area contributed by atoms with E-state index in [0.29, 0.717) is 29.7 Å². The number of hydrogen-bond acceptors (Lipinski definition) is 8. The number of aromatic nitrogens is 4. The number of fused-ring (bicyclic) bond motifs is 2. The molecule has 0 saturated carbocycles. The first kappa shape index (κ1) is 20.6. The van der Waals surface area contributed by atoms with Crippen molar-refractivity contribution in [3.8, 4) is 11.8 Å². The molecule has 3 atom stereocenters. The van der Waals surface area contributed by atoms with Crippen molar-refractivity contribution in [2.45, 2.75) is 32.4 Å². The van der Waals surface area contributed by atoms with Gasteiger partial charge in [0.25, 0.3) is 5.95 Å². The first-order valence-electron chi connectivity index (χ1n) is 10.6. The highest BCUT2D eigenvalue weighted by molar-refractivity contribution is 5.34. The number of tetrazole rings is 1. The molecule has 0 aliphatic carbocycles. The van der Waals surface area contributed by atoms with Crippen LogP contribution in [0.15, 0.2) is 24.3 Å². The topological polar surface area (TPSA) is 103 Å². The van der Waals surface area contributed by atoms with E-state index in [1.54, 1.807) is 29.1 Å². The fourth-order valence-electron chi connectivity index (χ4n) is 4.43. The second kappa shape index (κ2) is 8.98. The summed E-state index contributed by atoms with van der Waals surface area (Å²) in [7, 11) is 0. The Morgan fingerprint density at radius 3 is 2.47 bits per heavy atom. The first-order chi connectivity index (χ1) is 14.5. The lowest BCUT2D eigenvalue weighted by Crippen LogP contribution is -2.54. The molecule has 2 fully saturated rings. The van der Waals surface area contributed by atoms with Crippen LogP contribution in [0.1, 0.15) is 31.9 Å². The number of likely N-dealkylation sites (tertiary alicyclic amines) is 1. The maximum absolute atomic E-state index is 10.5. The number of aliphatic hydroxyl groups is 1. The Balaban J connectivity index is 1.26. The molecule has 9 heteroatoms. The van der Waals surface area contributed by atoms with Gasteiger partial charge in [-0.1, -0.05) is 5.10 Å². The molecule has 3 heterocycles. The normalized spacial score (nSPS) is 22.7. The highest BCUT2D eigenvalue weighted by Gasteiger charge is 2.36. The van der Waals surface area contributed by atoms with Crippen LogP contribution in [0, 0.1) is 23.2 Å². The summed E-state index contributed by atoms with van der Waals surface area (Å²) in [5, 5.41) is 32.2. The van der Waals surface area contributed by atoms with Gasteiger partial charge < -0.3 is 14.7 Å². The number of anilines is 1. The van der Waals surface area contributed by atoms with E-state index < -0.39 is 6.10 Å². The molecule has 2 aromatic rings. The van der Waals surface area contributed by atoms with Gasteiger partial charge >= 0.3 is 0 Å². The number of nitriles is 1. The van der Waals surface area contributed by atoms with E-state index in [-0.39, 0.29) is 12.6 Å². The average Bonchev–Trinajstić information content (AvgIpc) is 3.23. The Morgan fingerprint density at radius 2 is 1.87 bits per heavy atom. The van der Waals surface area contributed by atoms with Crippen LogP contribution in [0.2, 0.25) is 0 Å². The molecule has 0 spiro atoms. The highest BCUT2D eigenvalue weighted by atomic mass is 16.5. The van der Waals surface area contributed by atoms with Crippen LogP contribution < -0.4 is 9.64 Å². The average molecular weight is 412 g/mol. The Kier molecular flexibility index (Phi) is 6.16. The number of nitrogens with zero attached hydrogens (tertiary/aromatic N) is 7. The number of hydrogen-bond donors (Lipinski definition) is 1. The van der Waals surface area contributed by atoms with Gasteiger partial charge in [-0.3, -0.25) is 4.90 Å². The molecule has 3 unspecified atom stereocenters. The van der Waals surface area contributed by atoms with E-state index in [4.69, 9.17) is 10.00 Å². The van der Waals surface area contributed by atoms with Crippen molar-refractivity contribution in [1.82, 2.24) is 25.1 Å². The lowest BCUT2D eigenvalue weighted by molar-refractivity contribution is 0.0333. The third-order valence-corrected chi connectivity index (χ3v) is 5.71. The quantitative estimate of drug-likeness (QED) is 0.728. The number of rotatable bonds is 7. The van der Waals surface area contributed by atoms with Crippen molar-refractivity contribution in [2.75, 3.05) is 44.2 Å². The van der Waals surface area contributed by atoms with Crippen molar-refractivity contribution in [3.05, 3.63) is 29.8 Å². The molecule has 9 nitrogen and oxygen atoms in total. The summed E-state index contributed by atoms with van der Waals surface area (Å²) in [4.78, 5) is 6.27. The fraction of sp³-hybridized carbons (Fsp3) is 0.619. The summed E-state index contributed by atoms with van der Waals surface area (Å²) in [6.45, 7) is 8.70. The van der Waals surface area contributed by atoms with Crippen LogP contribution in [0.25, 0.3) is 0 Å². The zero-order valence-electron chi connectivity index (χ0n) is 17.6. The lowest BCUT2D eigenvalue weighted by atomic mass is 9.84. The third kappa shape index (κ3) is 4.89. The minimum absolute atomic E-state index is 0.207. The molecular weight excluding hydrogens is 382 g/mol. The molecule has 1 N–H and O–H groups in total. The van der Waals surface area contributed by atoms with E-state index in [2.05, 4.69) is 31.3 Å². The van der Waals surface area contributed by atoms with Gasteiger partial charge in [0.1, 0.15) is 18.5 Å². The van der Waals surface area contributed by atoms with Crippen molar-refractivity contribution < 1.29 is 9.84 Å². The maximum Gasteiger partial charge on any atom is 0.266 e. The molecule has 1 aromatic heterocycles. The van der Waals surface area contributed by atoms with Crippen LogP contribution in [-0.2, 0) is 0 Å². The van der Waals surface area contributed by atoms with Crippen LogP contribution in [0.4, 0.5) is 5.95 Å². The Morgan fingerprint density at radius 1 is 1.17 bits per heavy atom.